The fraction of sp³-hybridized carbons (Fsp3) is 0.150. The molecule has 1 atom stereocenters. The van der Waals surface area contributed by atoms with Crippen molar-refractivity contribution in [2.75, 3.05) is 12.0 Å². The van der Waals surface area contributed by atoms with Gasteiger partial charge in [0.1, 0.15) is 5.75 Å². The number of Topliss-reactive ketones (excluding diaryl/α,β-unsaturated/α-hetero) is 1. The highest BCUT2D eigenvalue weighted by molar-refractivity contribution is 6.16. The van der Waals surface area contributed by atoms with Gasteiger partial charge in [0.15, 0.2) is 11.5 Å². The Morgan fingerprint density at radius 2 is 1.63 bits per heavy atom. The third-order valence-electron chi connectivity index (χ3n) is 4.41. The summed E-state index contributed by atoms with van der Waals surface area (Å²) in [5, 5.41) is 19.3. The number of aliphatic hydroxyl groups is 1. The number of carboxylic acids is 1. The number of benzene rings is 2. The minimum atomic E-state index is -1.09. The Labute approximate surface area is 155 Å². The summed E-state index contributed by atoms with van der Waals surface area (Å²) in [5.74, 6) is -2.23. The number of ketones is 1. The predicted octanol–water partition coefficient (Wildman–Crippen LogP) is 2.88. The van der Waals surface area contributed by atoms with E-state index in [9.17, 15) is 19.5 Å². The molecule has 0 fully saturated rings. The maximum absolute atomic E-state index is 12.7. The van der Waals surface area contributed by atoms with Crippen LogP contribution in [0.15, 0.2) is 59.9 Å². The standard InChI is InChI=1S/C20H17NO6/c1-11(22)16-17(12-5-9-15(27-2)10-6-12)21(19(24)18(16)23)14-7-3-13(4-8-14)20(25)26/h3-10,17,23H,1-2H3,(H,25,26)/t17-/m1/s1. The van der Waals surface area contributed by atoms with Gasteiger partial charge in [-0.3, -0.25) is 14.5 Å². The molecule has 0 bridgehead atoms. The van der Waals surface area contributed by atoms with Gasteiger partial charge < -0.3 is 14.9 Å². The molecular formula is C20H17NO6. The van der Waals surface area contributed by atoms with Crippen LogP contribution < -0.4 is 9.64 Å². The molecule has 7 heteroatoms. The van der Waals surface area contributed by atoms with E-state index in [1.54, 1.807) is 24.3 Å². The number of nitrogens with zero attached hydrogens (tertiary/aromatic N) is 1. The van der Waals surface area contributed by atoms with Crippen LogP contribution in [0.4, 0.5) is 5.69 Å². The molecular weight excluding hydrogens is 350 g/mol. The minimum Gasteiger partial charge on any atom is -0.503 e. The van der Waals surface area contributed by atoms with Gasteiger partial charge in [-0.1, -0.05) is 12.1 Å². The summed E-state index contributed by atoms with van der Waals surface area (Å²) in [5.41, 5.74) is 1.04. The summed E-state index contributed by atoms with van der Waals surface area (Å²) >= 11 is 0. The first-order chi connectivity index (χ1) is 12.8. The summed E-state index contributed by atoms with van der Waals surface area (Å²) in [6, 6.07) is 11.6. The van der Waals surface area contributed by atoms with Crippen LogP contribution in [-0.2, 0) is 9.59 Å². The maximum atomic E-state index is 12.7. The van der Waals surface area contributed by atoms with Crippen LogP contribution in [0.5, 0.6) is 5.75 Å². The first-order valence-electron chi connectivity index (χ1n) is 8.10. The van der Waals surface area contributed by atoms with Crippen LogP contribution in [0.2, 0.25) is 0 Å². The monoisotopic (exact) mass is 367 g/mol. The second kappa shape index (κ2) is 6.95. The molecule has 0 saturated carbocycles. The topological polar surface area (TPSA) is 104 Å². The van der Waals surface area contributed by atoms with E-state index in [2.05, 4.69) is 0 Å². The minimum absolute atomic E-state index is 0.00696. The number of aromatic carboxylic acids is 1. The summed E-state index contributed by atoms with van der Waals surface area (Å²) in [4.78, 5) is 37.1. The molecule has 3 rings (SSSR count). The first-order valence-corrected chi connectivity index (χ1v) is 8.10. The molecule has 0 unspecified atom stereocenters. The summed E-state index contributed by atoms with van der Waals surface area (Å²) in [7, 11) is 1.52. The molecule has 0 aliphatic carbocycles. The van der Waals surface area contributed by atoms with Crippen LogP contribution in [0, 0.1) is 0 Å². The van der Waals surface area contributed by atoms with E-state index in [1.165, 1.54) is 43.2 Å². The van der Waals surface area contributed by atoms with Gasteiger partial charge in [-0.25, -0.2) is 4.79 Å². The number of ether oxygens (including phenoxy) is 1. The van der Waals surface area contributed by atoms with Crippen molar-refractivity contribution < 1.29 is 29.3 Å². The van der Waals surface area contributed by atoms with E-state index in [4.69, 9.17) is 9.84 Å². The van der Waals surface area contributed by atoms with Gasteiger partial charge in [-0.15, -0.1) is 0 Å². The molecule has 1 aliphatic heterocycles. The Bertz CT molecular complexity index is 943. The summed E-state index contributed by atoms with van der Waals surface area (Å²) < 4.78 is 5.13. The number of anilines is 1. The van der Waals surface area contributed by atoms with Gasteiger partial charge in [-0.2, -0.15) is 0 Å². The Hall–Kier alpha value is -3.61. The highest BCUT2D eigenvalue weighted by atomic mass is 16.5. The normalized spacial score (nSPS) is 16.6. The van der Waals surface area contributed by atoms with E-state index in [-0.39, 0.29) is 11.1 Å². The number of amides is 1. The third-order valence-corrected chi connectivity index (χ3v) is 4.41. The molecule has 138 valence electrons. The number of aliphatic hydroxyl groups excluding tert-OH is 1. The maximum Gasteiger partial charge on any atom is 0.335 e. The molecule has 0 aromatic heterocycles. The van der Waals surface area contributed by atoms with Crippen molar-refractivity contribution in [1.82, 2.24) is 0 Å². The zero-order valence-corrected chi connectivity index (χ0v) is 14.7. The first kappa shape index (κ1) is 18.2. The predicted molar refractivity (Wildman–Crippen MR) is 97.0 cm³/mol. The van der Waals surface area contributed by atoms with Crippen LogP contribution in [0.25, 0.3) is 0 Å². The SMILES string of the molecule is COc1ccc([C@@H]2C(C(C)=O)=C(O)C(=O)N2c2ccc(C(=O)O)cc2)cc1. The molecule has 2 aromatic rings. The average molecular weight is 367 g/mol. The number of methoxy groups -OCH3 is 1. The van der Waals surface area contributed by atoms with Crippen LogP contribution in [-0.4, -0.2) is 35.0 Å². The van der Waals surface area contributed by atoms with Gasteiger partial charge >= 0.3 is 5.97 Å². The lowest BCUT2D eigenvalue weighted by Gasteiger charge is -2.27. The zero-order valence-electron chi connectivity index (χ0n) is 14.7. The van der Waals surface area contributed by atoms with Crippen molar-refractivity contribution in [3.05, 3.63) is 71.0 Å². The van der Waals surface area contributed by atoms with Crippen LogP contribution in [0.1, 0.15) is 28.9 Å². The lowest BCUT2D eigenvalue weighted by atomic mass is 9.96. The number of carbonyl (C=O) groups excluding carboxylic acids is 2. The molecule has 7 nitrogen and oxygen atoms in total. The smallest absolute Gasteiger partial charge is 0.335 e. The highest BCUT2D eigenvalue weighted by Crippen LogP contribution is 2.41. The molecule has 0 radical (unpaired) electrons. The molecule has 1 heterocycles. The number of hydrogen-bond donors (Lipinski definition) is 2. The van der Waals surface area contributed by atoms with Crippen molar-refractivity contribution in [2.45, 2.75) is 13.0 Å². The van der Waals surface area contributed by atoms with Gasteiger partial charge in [0.2, 0.25) is 0 Å². The van der Waals surface area contributed by atoms with Crippen molar-refractivity contribution in [3.8, 4) is 5.75 Å². The van der Waals surface area contributed by atoms with Crippen molar-refractivity contribution in [2.24, 2.45) is 0 Å². The molecule has 0 saturated heterocycles. The third kappa shape index (κ3) is 3.15. The number of hydrogen-bond acceptors (Lipinski definition) is 5. The quantitative estimate of drug-likeness (QED) is 0.842. The van der Waals surface area contributed by atoms with E-state index in [0.717, 1.165) is 0 Å². The van der Waals surface area contributed by atoms with Crippen molar-refractivity contribution in [1.29, 1.82) is 0 Å². The van der Waals surface area contributed by atoms with Crippen molar-refractivity contribution in [3.63, 3.8) is 0 Å². The fourth-order valence-corrected chi connectivity index (χ4v) is 3.10. The lowest BCUT2D eigenvalue weighted by Crippen LogP contribution is -2.30. The zero-order chi connectivity index (χ0) is 19.7. The Morgan fingerprint density at radius 3 is 2.11 bits per heavy atom. The Kier molecular flexibility index (Phi) is 4.68. The molecule has 2 N–H and O–H groups in total. The molecule has 1 amide bonds. The Morgan fingerprint density at radius 1 is 1.04 bits per heavy atom. The van der Waals surface area contributed by atoms with Gasteiger partial charge in [0.25, 0.3) is 5.91 Å². The summed E-state index contributed by atoms with van der Waals surface area (Å²) in [6.07, 6.45) is 0. The van der Waals surface area contributed by atoms with E-state index in [1.807, 2.05) is 0 Å². The van der Waals surface area contributed by atoms with E-state index >= 15 is 0 Å². The van der Waals surface area contributed by atoms with Gasteiger partial charge in [0, 0.05) is 5.69 Å². The fourth-order valence-electron chi connectivity index (χ4n) is 3.10. The van der Waals surface area contributed by atoms with E-state index < -0.39 is 29.5 Å². The van der Waals surface area contributed by atoms with E-state index in [0.29, 0.717) is 17.0 Å². The van der Waals surface area contributed by atoms with Gasteiger partial charge in [0.05, 0.1) is 24.3 Å². The van der Waals surface area contributed by atoms with Crippen molar-refractivity contribution >= 4 is 23.3 Å². The summed E-state index contributed by atoms with van der Waals surface area (Å²) in [6.45, 7) is 1.28. The second-order valence-corrected chi connectivity index (χ2v) is 6.02. The molecule has 2 aromatic carbocycles. The molecule has 0 spiro atoms. The average Bonchev–Trinajstić information content (AvgIpc) is 2.93. The van der Waals surface area contributed by atoms with Crippen LogP contribution in [0.3, 0.4) is 0 Å². The number of carboxylic acid groups (broad SMARTS) is 1. The number of rotatable bonds is 5. The number of carbonyl (C=O) groups is 3. The highest BCUT2D eigenvalue weighted by Gasteiger charge is 2.43. The molecule has 27 heavy (non-hydrogen) atoms. The second-order valence-electron chi connectivity index (χ2n) is 6.02. The molecule has 1 aliphatic rings. The largest absolute Gasteiger partial charge is 0.503 e. The lowest BCUT2D eigenvalue weighted by molar-refractivity contribution is -0.117. The Balaban J connectivity index is 2.11. The van der Waals surface area contributed by atoms with Gasteiger partial charge in [-0.05, 0) is 48.9 Å². The van der Waals surface area contributed by atoms with Crippen LogP contribution >= 0.6 is 0 Å².